The number of aliphatic hydroxyl groups excluding tert-OH is 1. The molecular weight excluding hydrogens is 340 g/mol. The molecule has 1 aromatic heterocycles. The first-order valence-electron chi connectivity index (χ1n) is 8.89. The van der Waals surface area contributed by atoms with Gasteiger partial charge in [0.05, 0.1) is 6.61 Å². The van der Waals surface area contributed by atoms with Crippen molar-refractivity contribution < 1.29 is 14.7 Å². The molecule has 4 N–H and O–H groups in total. The van der Waals surface area contributed by atoms with Gasteiger partial charge in [-0.15, -0.1) is 0 Å². The number of nitrogens with zero attached hydrogens (tertiary/aromatic N) is 1. The van der Waals surface area contributed by atoms with E-state index in [0.717, 1.165) is 30.3 Å². The predicted octanol–water partition coefficient (Wildman–Crippen LogP) is -0.981. The van der Waals surface area contributed by atoms with Gasteiger partial charge in [-0.2, -0.15) is 0 Å². The molecule has 1 aliphatic carbocycles. The Kier molecular flexibility index (Phi) is 7.14. The lowest BCUT2D eigenvalue weighted by Crippen LogP contribution is -2.51. The summed E-state index contributed by atoms with van der Waals surface area (Å²) in [6.07, 6.45) is 6.97. The minimum absolute atomic E-state index is 0.293. The van der Waals surface area contributed by atoms with E-state index in [0.29, 0.717) is 18.0 Å². The Morgan fingerprint density at radius 3 is 2.65 bits per heavy atom. The second kappa shape index (κ2) is 9.33. The molecule has 9 heteroatoms. The van der Waals surface area contributed by atoms with Crippen LogP contribution in [0.4, 0.5) is 0 Å². The molecule has 0 saturated heterocycles. The summed E-state index contributed by atoms with van der Waals surface area (Å²) in [5.74, 6) is -0.618. The number of nitrogens with one attached hydrogen (secondary N) is 3. The summed E-state index contributed by atoms with van der Waals surface area (Å²) in [6, 6.07) is -1.08. The third kappa shape index (κ3) is 5.55. The fourth-order valence-corrected chi connectivity index (χ4v) is 3.08. The van der Waals surface area contributed by atoms with Crippen molar-refractivity contribution in [1.82, 2.24) is 20.2 Å². The summed E-state index contributed by atoms with van der Waals surface area (Å²) >= 11 is 0. The van der Waals surface area contributed by atoms with Gasteiger partial charge in [-0.1, -0.05) is 19.3 Å². The van der Waals surface area contributed by atoms with Gasteiger partial charge in [-0.25, -0.2) is 4.79 Å². The van der Waals surface area contributed by atoms with E-state index in [1.165, 1.54) is 19.5 Å². The minimum atomic E-state index is -1.08. The van der Waals surface area contributed by atoms with Crippen LogP contribution in [-0.4, -0.2) is 45.7 Å². The summed E-state index contributed by atoms with van der Waals surface area (Å²) < 4.78 is 1.04. The number of carbonyl (C=O) groups is 2. The first kappa shape index (κ1) is 19.9. The molecule has 26 heavy (non-hydrogen) atoms. The Morgan fingerprint density at radius 2 is 2.00 bits per heavy atom. The fourth-order valence-electron chi connectivity index (χ4n) is 3.08. The predicted molar refractivity (Wildman–Crippen MR) is 94.7 cm³/mol. The van der Waals surface area contributed by atoms with Gasteiger partial charge in [-0.3, -0.25) is 23.9 Å². The van der Waals surface area contributed by atoms with E-state index in [2.05, 4.69) is 15.6 Å². The largest absolute Gasteiger partial charge is 0.394 e. The van der Waals surface area contributed by atoms with Crippen molar-refractivity contribution in [1.29, 1.82) is 0 Å². The Balaban J connectivity index is 1.88. The van der Waals surface area contributed by atoms with Crippen molar-refractivity contribution in [2.24, 2.45) is 5.92 Å². The summed E-state index contributed by atoms with van der Waals surface area (Å²) in [6.45, 7) is 1.15. The van der Waals surface area contributed by atoms with Gasteiger partial charge in [0, 0.05) is 18.3 Å². The van der Waals surface area contributed by atoms with Crippen molar-refractivity contribution in [3.63, 3.8) is 0 Å². The molecular formula is C17H26N4O5. The molecule has 1 saturated carbocycles. The molecule has 1 aromatic rings. The average Bonchev–Trinajstić information content (AvgIpc) is 2.63. The highest BCUT2D eigenvalue weighted by Gasteiger charge is 2.22. The van der Waals surface area contributed by atoms with E-state index in [4.69, 9.17) is 0 Å². The van der Waals surface area contributed by atoms with Crippen LogP contribution in [-0.2, 0) is 16.1 Å². The van der Waals surface area contributed by atoms with Crippen LogP contribution in [0.2, 0.25) is 0 Å². The highest BCUT2D eigenvalue weighted by molar-refractivity contribution is 5.87. The van der Waals surface area contributed by atoms with Crippen molar-refractivity contribution in [3.05, 3.63) is 32.6 Å². The highest BCUT2D eigenvalue weighted by atomic mass is 16.3. The third-order valence-electron chi connectivity index (χ3n) is 4.63. The number of aromatic amines is 1. The van der Waals surface area contributed by atoms with E-state index in [-0.39, 0.29) is 6.54 Å². The molecule has 0 radical (unpaired) electrons. The molecule has 2 rings (SSSR count). The number of carbonyl (C=O) groups excluding carboxylic acids is 2. The maximum Gasteiger partial charge on any atom is 0.328 e. The molecule has 1 heterocycles. The number of aryl methyl sites for hydroxylation is 1. The Bertz CT molecular complexity index is 748. The molecule has 1 fully saturated rings. The second-order valence-electron chi connectivity index (χ2n) is 6.75. The van der Waals surface area contributed by atoms with E-state index >= 15 is 0 Å². The molecule has 0 aliphatic heterocycles. The SMILES string of the molecule is Cc1cn(CC(=O)N[C@@H](CO)C(=O)NCC2CCCCC2)c(=O)[nH]c1=O. The summed E-state index contributed by atoms with van der Waals surface area (Å²) in [7, 11) is 0. The molecule has 1 atom stereocenters. The van der Waals surface area contributed by atoms with Gasteiger partial charge in [-0.05, 0) is 25.7 Å². The quantitative estimate of drug-likeness (QED) is 0.492. The van der Waals surface area contributed by atoms with E-state index in [9.17, 15) is 24.3 Å². The van der Waals surface area contributed by atoms with Crippen molar-refractivity contribution in [2.45, 2.75) is 51.6 Å². The smallest absolute Gasteiger partial charge is 0.328 e. The number of hydrogen-bond donors (Lipinski definition) is 4. The van der Waals surface area contributed by atoms with Crippen LogP contribution in [0.25, 0.3) is 0 Å². The number of H-pyrrole nitrogens is 1. The number of amides is 2. The van der Waals surface area contributed by atoms with Crippen LogP contribution in [0.5, 0.6) is 0 Å². The molecule has 0 spiro atoms. The van der Waals surface area contributed by atoms with E-state index < -0.39 is 35.7 Å². The lowest BCUT2D eigenvalue weighted by Gasteiger charge is -2.23. The second-order valence-corrected chi connectivity index (χ2v) is 6.75. The molecule has 2 amide bonds. The maximum absolute atomic E-state index is 12.2. The Labute approximate surface area is 150 Å². The van der Waals surface area contributed by atoms with Gasteiger partial charge < -0.3 is 15.7 Å². The van der Waals surface area contributed by atoms with Gasteiger partial charge in [0.2, 0.25) is 11.8 Å². The van der Waals surface area contributed by atoms with Crippen LogP contribution in [0.3, 0.4) is 0 Å². The van der Waals surface area contributed by atoms with Crippen LogP contribution >= 0.6 is 0 Å². The number of aromatic nitrogens is 2. The Hall–Kier alpha value is -2.42. The monoisotopic (exact) mass is 366 g/mol. The van der Waals surface area contributed by atoms with E-state index in [1.807, 2.05) is 0 Å². The standard InChI is InChI=1S/C17H26N4O5/c1-11-8-21(17(26)20-15(11)24)9-14(23)19-13(10-22)16(25)18-7-12-5-3-2-4-6-12/h8,12-13,22H,2-7,9-10H2,1H3,(H,18,25)(H,19,23)(H,20,24,26)/t13-/m0/s1. The molecule has 0 bridgehead atoms. The topological polar surface area (TPSA) is 133 Å². The van der Waals surface area contributed by atoms with Gasteiger partial charge in [0.1, 0.15) is 12.6 Å². The zero-order chi connectivity index (χ0) is 19.1. The maximum atomic E-state index is 12.2. The van der Waals surface area contributed by atoms with Crippen LogP contribution in [0.1, 0.15) is 37.7 Å². The molecule has 1 aliphatic rings. The third-order valence-corrected chi connectivity index (χ3v) is 4.63. The van der Waals surface area contributed by atoms with Gasteiger partial charge >= 0.3 is 5.69 Å². The molecule has 9 nitrogen and oxygen atoms in total. The highest BCUT2D eigenvalue weighted by Crippen LogP contribution is 2.22. The number of aliphatic hydroxyl groups is 1. The Morgan fingerprint density at radius 1 is 1.31 bits per heavy atom. The number of hydrogen-bond acceptors (Lipinski definition) is 5. The fraction of sp³-hybridized carbons (Fsp3) is 0.647. The van der Waals surface area contributed by atoms with Crippen molar-refractivity contribution >= 4 is 11.8 Å². The minimum Gasteiger partial charge on any atom is -0.394 e. The van der Waals surface area contributed by atoms with E-state index in [1.54, 1.807) is 0 Å². The van der Waals surface area contributed by atoms with Crippen LogP contribution in [0, 0.1) is 12.8 Å². The lowest BCUT2D eigenvalue weighted by atomic mass is 9.89. The zero-order valence-electron chi connectivity index (χ0n) is 14.9. The zero-order valence-corrected chi connectivity index (χ0v) is 14.9. The van der Waals surface area contributed by atoms with Gasteiger partial charge in [0.25, 0.3) is 5.56 Å². The van der Waals surface area contributed by atoms with Crippen LogP contribution in [0.15, 0.2) is 15.8 Å². The van der Waals surface area contributed by atoms with Crippen LogP contribution < -0.4 is 21.9 Å². The lowest BCUT2D eigenvalue weighted by molar-refractivity contribution is -0.130. The van der Waals surface area contributed by atoms with Crippen molar-refractivity contribution in [3.8, 4) is 0 Å². The first-order valence-corrected chi connectivity index (χ1v) is 8.89. The summed E-state index contributed by atoms with van der Waals surface area (Å²) in [5, 5.41) is 14.6. The molecule has 144 valence electrons. The van der Waals surface area contributed by atoms with Gasteiger partial charge in [0.15, 0.2) is 0 Å². The molecule has 0 aromatic carbocycles. The first-order chi connectivity index (χ1) is 12.4. The normalized spacial score (nSPS) is 16.1. The summed E-state index contributed by atoms with van der Waals surface area (Å²) in [5.41, 5.74) is -0.929. The average molecular weight is 366 g/mol. The number of rotatable bonds is 7. The van der Waals surface area contributed by atoms with Crippen molar-refractivity contribution in [2.75, 3.05) is 13.2 Å². The summed E-state index contributed by atoms with van der Waals surface area (Å²) in [4.78, 5) is 49.4. The molecule has 0 unspecified atom stereocenters.